The standard InChI is InChI=1S/C16H15Cl3N2O/c1-11-7-5-6-10-13(11)14(22)21-15(16(17,18)19)20-12-8-3-2-4-9-12/h2-10,15,20H,1H3,(H,21,22). The third kappa shape index (κ3) is 4.54. The van der Waals surface area contributed by atoms with Crippen molar-refractivity contribution in [3.05, 3.63) is 65.7 Å². The van der Waals surface area contributed by atoms with Crippen molar-refractivity contribution in [2.45, 2.75) is 16.9 Å². The second kappa shape index (κ2) is 7.23. The number of amides is 1. The van der Waals surface area contributed by atoms with E-state index in [0.717, 1.165) is 11.3 Å². The van der Waals surface area contributed by atoms with E-state index >= 15 is 0 Å². The van der Waals surface area contributed by atoms with Crippen LogP contribution in [-0.2, 0) is 0 Å². The van der Waals surface area contributed by atoms with Gasteiger partial charge in [-0.25, -0.2) is 0 Å². The van der Waals surface area contributed by atoms with Crippen molar-refractivity contribution in [2.75, 3.05) is 5.32 Å². The topological polar surface area (TPSA) is 41.1 Å². The molecule has 0 fully saturated rings. The number of aryl methyl sites for hydroxylation is 1. The number of rotatable bonds is 4. The molecule has 0 saturated heterocycles. The number of carbonyl (C=O) groups is 1. The maximum Gasteiger partial charge on any atom is 0.253 e. The first-order valence-electron chi connectivity index (χ1n) is 6.63. The molecule has 0 spiro atoms. The molecule has 0 aliphatic carbocycles. The third-order valence-corrected chi connectivity index (χ3v) is 3.73. The van der Waals surface area contributed by atoms with Crippen LogP contribution in [0, 0.1) is 6.92 Å². The quantitative estimate of drug-likeness (QED) is 0.623. The molecule has 0 aromatic heterocycles. The lowest BCUT2D eigenvalue weighted by Gasteiger charge is -2.27. The summed E-state index contributed by atoms with van der Waals surface area (Å²) < 4.78 is -1.70. The van der Waals surface area contributed by atoms with Gasteiger partial charge in [-0.1, -0.05) is 71.2 Å². The third-order valence-electron chi connectivity index (χ3n) is 3.08. The summed E-state index contributed by atoms with van der Waals surface area (Å²) in [5.41, 5.74) is 2.13. The number of alkyl halides is 3. The van der Waals surface area contributed by atoms with Crippen molar-refractivity contribution in [2.24, 2.45) is 0 Å². The van der Waals surface area contributed by atoms with Gasteiger partial charge in [-0.3, -0.25) is 4.79 Å². The van der Waals surface area contributed by atoms with Gasteiger partial charge in [0.1, 0.15) is 6.17 Å². The fraction of sp³-hybridized carbons (Fsp3) is 0.188. The molecular formula is C16H15Cl3N2O. The van der Waals surface area contributed by atoms with Gasteiger partial charge < -0.3 is 10.6 Å². The van der Waals surface area contributed by atoms with Gasteiger partial charge in [0.05, 0.1) is 0 Å². The predicted octanol–water partition coefficient (Wildman–Crippen LogP) is 4.53. The minimum atomic E-state index is -1.70. The van der Waals surface area contributed by atoms with Crippen LogP contribution in [0.3, 0.4) is 0 Å². The Hall–Kier alpha value is -1.42. The van der Waals surface area contributed by atoms with Crippen LogP contribution in [0.25, 0.3) is 0 Å². The molecule has 0 heterocycles. The molecule has 0 bridgehead atoms. The van der Waals surface area contributed by atoms with E-state index in [9.17, 15) is 4.79 Å². The minimum Gasteiger partial charge on any atom is -0.362 e. The number of hydrogen-bond acceptors (Lipinski definition) is 2. The maximum absolute atomic E-state index is 12.4. The zero-order valence-corrected chi connectivity index (χ0v) is 14.1. The van der Waals surface area contributed by atoms with Crippen LogP contribution >= 0.6 is 34.8 Å². The molecule has 2 N–H and O–H groups in total. The van der Waals surface area contributed by atoms with Crippen molar-refractivity contribution in [3.8, 4) is 0 Å². The monoisotopic (exact) mass is 356 g/mol. The second-order valence-corrected chi connectivity index (χ2v) is 7.14. The van der Waals surface area contributed by atoms with Crippen LogP contribution in [0.15, 0.2) is 54.6 Å². The molecule has 6 heteroatoms. The molecule has 1 amide bonds. The van der Waals surface area contributed by atoms with Crippen molar-refractivity contribution in [1.82, 2.24) is 5.32 Å². The Kier molecular flexibility index (Phi) is 5.57. The molecule has 0 aliphatic rings. The van der Waals surface area contributed by atoms with Crippen LogP contribution < -0.4 is 10.6 Å². The van der Waals surface area contributed by atoms with Crippen molar-refractivity contribution in [1.29, 1.82) is 0 Å². The smallest absolute Gasteiger partial charge is 0.253 e. The highest BCUT2D eigenvalue weighted by Crippen LogP contribution is 2.31. The number of carbonyl (C=O) groups excluding carboxylic acids is 1. The van der Waals surface area contributed by atoms with E-state index in [-0.39, 0.29) is 5.91 Å². The van der Waals surface area contributed by atoms with Crippen LogP contribution in [0.5, 0.6) is 0 Å². The molecule has 2 aromatic carbocycles. The zero-order valence-electron chi connectivity index (χ0n) is 11.8. The first kappa shape index (κ1) is 16.9. The average molecular weight is 358 g/mol. The number of hydrogen-bond donors (Lipinski definition) is 2. The molecule has 0 radical (unpaired) electrons. The Morgan fingerprint density at radius 1 is 1.00 bits per heavy atom. The van der Waals surface area contributed by atoms with Crippen molar-refractivity contribution in [3.63, 3.8) is 0 Å². The first-order chi connectivity index (χ1) is 10.4. The molecule has 116 valence electrons. The number of para-hydroxylation sites is 1. The largest absolute Gasteiger partial charge is 0.362 e. The van der Waals surface area contributed by atoms with Gasteiger partial charge in [0.2, 0.25) is 3.79 Å². The van der Waals surface area contributed by atoms with E-state index < -0.39 is 9.96 Å². The summed E-state index contributed by atoms with van der Waals surface area (Å²) in [7, 11) is 0. The van der Waals surface area contributed by atoms with E-state index in [0.29, 0.717) is 5.56 Å². The normalized spacial score (nSPS) is 12.5. The van der Waals surface area contributed by atoms with Gasteiger partial charge in [-0.2, -0.15) is 0 Å². The summed E-state index contributed by atoms with van der Waals surface area (Å²) in [5, 5.41) is 5.73. The zero-order chi connectivity index (χ0) is 16.2. The van der Waals surface area contributed by atoms with Gasteiger partial charge in [0, 0.05) is 11.3 Å². The lowest BCUT2D eigenvalue weighted by molar-refractivity contribution is 0.0941. The number of nitrogens with one attached hydrogen (secondary N) is 2. The highest BCUT2D eigenvalue weighted by molar-refractivity contribution is 6.68. The molecule has 1 unspecified atom stereocenters. The van der Waals surface area contributed by atoms with Crippen molar-refractivity contribution < 1.29 is 4.79 Å². The first-order valence-corrected chi connectivity index (χ1v) is 7.76. The molecule has 1 atom stereocenters. The van der Waals surface area contributed by atoms with Gasteiger partial charge >= 0.3 is 0 Å². The SMILES string of the molecule is Cc1ccccc1C(=O)NC(Nc1ccccc1)C(Cl)(Cl)Cl. The maximum atomic E-state index is 12.4. The number of anilines is 1. The molecule has 0 saturated carbocycles. The fourth-order valence-corrected chi connectivity index (χ4v) is 2.26. The Balaban J connectivity index is 2.17. The van der Waals surface area contributed by atoms with Gasteiger partial charge in [-0.05, 0) is 30.7 Å². The molecular weight excluding hydrogens is 343 g/mol. The fourth-order valence-electron chi connectivity index (χ4n) is 1.94. The van der Waals surface area contributed by atoms with Gasteiger partial charge in [-0.15, -0.1) is 0 Å². The van der Waals surface area contributed by atoms with Crippen LogP contribution in [-0.4, -0.2) is 15.9 Å². The Morgan fingerprint density at radius 3 is 2.18 bits per heavy atom. The van der Waals surface area contributed by atoms with E-state index in [1.165, 1.54) is 0 Å². The van der Waals surface area contributed by atoms with Crippen LogP contribution in [0.2, 0.25) is 0 Å². The van der Waals surface area contributed by atoms with Crippen molar-refractivity contribution >= 4 is 46.4 Å². The second-order valence-electron chi connectivity index (χ2n) is 4.77. The lowest BCUT2D eigenvalue weighted by atomic mass is 10.1. The molecule has 22 heavy (non-hydrogen) atoms. The van der Waals surface area contributed by atoms with E-state index in [4.69, 9.17) is 34.8 Å². The summed E-state index contributed by atoms with van der Waals surface area (Å²) in [5.74, 6) is -0.308. The molecule has 0 aliphatic heterocycles. The van der Waals surface area contributed by atoms with Crippen LogP contribution in [0.1, 0.15) is 15.9 Å². The van der Waals surface area contributed by atoms with Crippen LogP contribution in [0.4, 0.5) is 5.69 Å². The summed E-state index contributed by atoms with van der Waals surface area (Å²) >= 11 is 17.9. The lowest BCUT2D eigenvalue weighted by Crippen LogP contribution is -2.49. The molecule has 3 nitrogen and oxygen atoms in total. The summed E-state index contributed by atoms with van der Waals surface area (Å²) in [4.78, 5) is 12.4. The van der Waals surface area contributed by atoms with E-state index in [2.05, 4.69) is 10.6 Å². The Bertz CT molecular complexity index is 641. The highest BCUT2D eigenvalue weighted by atomic mass is 35.6. The summed E-state index contributed by atoms with van der Waals surface area (Å²) in [6.07, 6.45) is -0.869. The van der Waals surface area contributed by atoms with E-state index in [1.54, 1.807) is 12.1 Å². The summed E-state index contributed by atoms with van der Waals surface area (Å²) in [6, 6.07) is 16.4. The van der Waals surface area contributed by atoms with Gasteiger partial charge in [0.25, 0.3) is 5.91 Å². The Labute approximate surface area is 144 Å². The average Bonchev–Trinajstić information content (AvgIpc) is 2.47. The Morgan fingerprint density at radius 2 is 1.59 bits per heavy atom. The number of benzene rings is 2. The predicted molar refractivity (Wildman–Crippen MR) is 92.8 cm³/mol. The summed E-state index contributed by atoms with van der Waals surface area (Å²) in [6.45, 7) is 1.85. The number of halogens is 3. The van der Waals surface area contributed by atoms with E-state index in [1.807, 2.05) is 49.4 Å². The highest BCUT2D eigenvalue weighted by Gasteiger charge is 2.34. The van der Waals surface area contributed by atoms with Gasteiger partial charge in [0.15, 0.2) is 0 Å². The molecule has 2 rings (SSSR count). The minimum absolute atomic E-state index is 0.308. The molecule has 2 aromatic rings.